The zero-order valence-electron chi connectivity index (χ0n) is 41.1. The number of unbranched alkanes of at least 4 members (excludes halogenated alkanes) is 5. The first-order valence-corrected chi connectivity index (χ1v) is 27.4. The predicted octanol–water partition coefficient (Wildman–Crippen LogP) is 17.5. The van der Waals surface area contributed by atoms with Crippen LogP contribution in [-0.4, -0.2) is 13.2 Å². The van der Waals surface area contributed by atoms with Gasteiger partial charge in [0.25, 0.3) is 0 Å². The molecule has 0 spiro atoms. The van der Waals surface area contributed by atoms with Crippen molar-refractivity contribution in [2.24, 2.45) is 45.3 Å². The molecule has 8 aliphatic rings. The van der Waals surface area contributed by atoms with E-state index in [-0.39, 0.29) is 0 Å². The Morgan fingerprint density at radius 3 is 1.11 bits per heavy atom. The summed E-state index contributed by atoms with van der Waals surface area (Å²) in [6, 6.07) is 16.8. The largest absolute Gasteiger partial charge is 0.494 e. The van der Waals surface area contributed by atoms with E-state index in [2.05, 4.69) is 99.9 Å². The van der Waals surface area contributed by atoms with Gasteiger partial charge in [-0.2, -0.15) is 0 Å². The molecule has 0 aromatic heterocycles. The molecule has 2 heteroatoms. The van der Waals surface area contributed by atoms with Crippen molar-refractivity contribution in [1.82, 2.24) is 0 Å². The van der Waals surface area contributed by atoms with Gasteiger partial charge in [-0.05, 0) is 199 Å². The van der Waals surface area contributed by atoms with Crippen molar-refractivity contribution < 1.29 is 9.47 Å². The van der Waals surface area contributed by atoms with Crippen LogP contribution in [0.25, 0.3) is 0 Å². The van der Waals surface area contributed by atoms with Gasteiger partial charge in [-0.3, -0.25) is 0 Å². The van der Waals surface area contributed by atoms with E-state index in [0.29, 0.717) is 21.7 Å². The summed E-state index contributed by atoms with van der Waals surface area (Å²) in [4.78, 5) is 0. The fourth-order valence-corrected chi connectivity index (χ4v) is 13.8. The van der Waals surface area contributed by atoms with Gasteiger partial charge in [-0.25, -0.2) is 0 Å². The third kappa shape index (κ3) is 13.0. The zero-order chi connectivity index (χ0) is 43.9. The smallest absolute Gasteiger partial charge is 0.119 e. The quantitative estimate of drug-likeness (QED) is 0.117. The Morgan fingerprint density at radius 2 is 0.762 bits per heavy atom. The lowest BCUT2D eigenvalue weighted by atomic mass is 9.48. The topological polar surface area (TPSA) is 18.5 Å². The summed E-state index contributed by atoms with van der Waals surface area (Å²) in [6.07, 6.45) is 43.9. The summed E-state index contributed by atoms with van der Waals surface area (Å²) in [7, 11) is 0. The Hall–Kier alpha value is -2.84. The van der Waals surface area contributed by atoms with Crippen molar-refractivity contribution >= 4 is 0 Å². The molecule has 0 amide bonds. The van der Waals surface area contributed by atoms with Crippen molar-refractivity contribution in [3.05, 3.63) is 59.7 Å². The van der Waals surface area contributed by atoms with E-state index in [9.17, 15) is 0 Å². The van der Waals surface area contributed by atoms with Crippen LogP contribution < -0.4 is 9.47 Å². The number of ether oxygens (including phenoxy) is 2. The lowest BCUT2D eigenvalue weighted by molar-refractivity contribution is -0.0379. The van der Waals surface area contributed by atoms with Crippen LogP contribution in [0.5, 0.6) is 11.5 Å². The second kappa shape index (κ2) is 23.6. The van der Waals surface area contributed by atoms with Crippen LogP contribution in [0.4, 0.5) is 0 Å². The van der Waals surface area contributed by atoms with Gasteiger partial charge < -0.3 is 9.47 Å². The summed E-state index contributed by atoms with van der Waals surface area (Å²) < 4.78 is 11.4. The molecule has 2 nitrogen and oxygen atoms in total. The van der Waals surface area contributed by atoms with Crippen molar-refractivity contribution in [2.75, 3.05) is 13.2 Å². The maximum atomic E-state index is 5.71. The third-order valence-corrected chi connectivity index (χ3v) is 18.3. The highest BCUT2D eigenvalue weighted by Crippen LogP contribution is 2.63. The molecule has 10 rings (SSSR count). The first-order valence-electron chi connectivity index (χ1n) is 27.4. The SMILES string of the molecule is CCCCCC1CCC(C23CCC(C#Cc4ccc(OCCC)cc4)(CC2)CC3)CC1.CCCCCCC1CCC(C23CCC(C#Cc4ccc(OCCC)cc4)(CC2)CC3)CC1. The van der Waals surface area contributed by atoms with Gasteiger partial charge >= 0.3 is 0 Å². The Morgan fingerprint density at radius 1 is 0.413 bits per heavy atom. The van der Waals surface area contributed by atoms with Crippen LogP contribution in [-0.2, 0) is 0 Å². The Bertz CT molecular complexity index is 1710. The zero-order valence-corrected chi connectivity index (χ0v) is 41.1. The minimum absolute atomic E-state index is 0.301. The van der Waals surface area contributed by atoms with Crippen molar-refractivity contribution in [2.45, 2.75) is 227 Å². The minimum atomic E-state index is 0.301. The van der Waals surface area contributed by atoms with E-state index in [0.717, 1.165) is 72.4 Å². The molecule has 0 atom stereocenters. The Balaban J connectivity index is 0.000000189. The first kappa shape index (κ1) is 48.1. The van der Waals surface area contributed by atoms with E-state index in [4.69, 9.17) is 9.47 Å². The average Bonchev–Trinajstić information content (AvgIpc) is 3.35. The van der Waals surface area contributed by atoms with E-state index in [1.165, 1.54) is 186 Å². The molecule has 8 saturated carbocycles. The van der Waals surface area contributed by atoms with Gasteiger partial charge in [0.1, 0.15) is 11.5 Å². The van der Waals surface area contributed by atoms with Crippen LogP contribution in [0, 0.1) is 69.0 Å². The van der Waals surface area contributed by atoms with Gasteiger partial charge in [0, 0.05) is 22.0 Å². The lowest BCUT2D eigenvalue weighted by Crippen LogP contribution is -2.45. The third-order valence-electron chi connectivity index (χ3n) is 18.3. The van der Waals surface area contributed by atoms with Gasteiger partial charge in [-0.15, -0.1) is 0 Å². The fourth-order valence-electron chi connectivity index (χ4n) is 13.8. The molecule has 0 aliphatic heterocycles. The molecule has 0 heterocycles. The fraction of sp³-hybridized carbons (Fsp3) is 0.738. The van der Waals surface area contributed by atoms with E-state index < -0.39 is 0 Å². The standard InChI is InChI=1S/C31H46O.C30H44O/c1-3-5-6-7-8-26-9-13-28(14-10-26)31-22-19-30(20-23-31,21-24-31)18-17-27-11-15-29(16-12-27)32-25-4-2;1-3-5-6-7-25-8-12-27(13-9-25)30-21-18-29(19-22-30,20-23-30)17-16-26-10-14-28(15-11-26)31-24-4-2/h11-12,15-16,26,28H,3-10,13-14,19-25H2,1-2H3;10-11,14-15,25,27H,3-9,12-13,18-24H2,1-2H3. The second-order valence-corrected chi connectivity index (χ2v) is 22.3. The second-order valence-electron chi connectivity index (χ2n) is 22.3. The molecule has 8 fully saturated rings. The molecule has 0 saturated heterocycles. The first-order chi connectivity index (χ1) is 30.8. The Kier molecular flexibility index (Phi) is 18.0. The normalized spacial score (nSPS) is 32.0. The maximum Gasteiger partial charge on any atom is 0.119 e. The summed E-state index contributed by atoms with van der Waals surface area (Å²) in [5.41, 5.74) is 4.24. The number of benzene rings is 2. The number of rotatable bonds is 17. The highest BCUT2D eigenvalue weighted by molar-refractivity contribution is 5.41. The van der Waals surface area contributed by atoms with Crippen LogP contribution in [0.2, 0.25) is 0 Å². The number of hydrogen-bond donors (Lipinski definition) is 0. The minimum Gasteiger partial charge on any atom is -0.494 e. The summed E-state index contributed by atoms with van der Waals surface area (Å²) >= 11 is 0. The molecule has 0 N–H and O–H groups in total. The summed E-state index contributed by atoms with van der Waals surface area (Å²) in [5, 5.41) is 0. The molecule has 0 unspecified atom stereocenters. The molecule has 4 bridgehead atoms. The van der Waals surface area contributed by atoms with Crippen LogP contribution >= 0.6 is 0 Å². The van der Waals surface area contributed by atoms with Crippen LogP contribution in [0.15, 0.2) is 48.5 Å². The highest BCUT2D eigenvalue weighted by Gasteiger charge is 2.53. The predicted molar refractivity (Wildman–Crippen MR) is 267 cm³/mol. The maximum absolute atomic E-state index is 5.71. The molecular formula is C61H90O2. The highest BCUT2D eigenvalue weighted by atomic mass is 16.5. The molecule has 63 heavy (non-hydrogen) atoms. The molecule has 0 radical (unpaired) electrons. The molecule has 346 valence electrons. The summed E-state index contributed by atoms with van der Waals surface area (Å²) in [6.45, 7) is 10.5. The van der Waals surface area contributed by atoms with E-state index in [1.807, 2.05) is 0 Å². The molecular weight excluding hydrogens is 765 g/mol. The lowest BCUT2D eigenvalue weighted by Gasteiger charge is -2.56. The van der Waals surface area contributed by atoms with Crippen LogP contribution in [0.1, 0.15) is 238 Å². The van der Waals surface area contributed by atoms with E-state index in [1.54, 1.807) is 0 Å². The monoisotopic (exact) mass is 855 g/mol. The van der Waals surface area contributed by atoms with Gasteiger partial charge in [0.05, 0.1) is 13.2 Å². The van der Waals surface area contributed by atoms with Crippen molar-refractivity contribution in [3.8, 4) is 35.2 Å². The molecule has 2 aromatic rings. The Labute approximate surface area is 388 Å². The van der Waals surface area contributed by atoms with Gasteiger partial charge in [-0.1, -0.05) is 135 Å². The molecule has 2 aromatic carbocycles. The van der Waals surface area contributed by atoms with E-state index >= 15 is 0 Å². The molecule has 8 aliphatic carbocycles. The van der Waals surface area contributed by atoms with Crippen molar-refractivity contribution in [3.63, 3.8) is 0 Å². The summed E-state index contributed by atoms with van der Waals surface area (Å²) in [5.74, 6) is 20.6. The van der Waals surface area contributed by atoms with Crippen LogP contribution in [0.3, 0.4) is 0 Å². The number of hydrogen-bond acceptors (Lipinski definition) is 2. The van der Waals surface area contributed by atoms with Gasteiger partial charge in [0.2, 0.25) is 0 Å². The number of fused-ring (bicyclic) bond motifs is 6. The average molecular weight is 855 g/mol. The van der Waals surface area contributed by atoms with Crippen molar-refractivity contribution in [1.29, 1.82) is 0 Å². The van der Waals surface area contributed by atoms with Gasteiger partial charge in [0.15, 0.2) is 0 Å².